The molecule has 1 heterocycles. The molecule has 2 rings (SSSR count). The average molecular weight is 259 g/mol. The lowest BCUT2D eigenvalue weighted by atomic mass is 10.1. The smallest absolute Gasteiger partial charge is 0.240 e. The SMILES string of the molecule is N#Cc1ccc(C(O)CN2CC(=O)NC(=O)C2)cc1. The maximum Gasteiger partial charge on any atom is 0.240 e. The van der Waals surface area contributed by atoms with Crippen molar-refractivity contribution >= 4 is 11.8 Å². The van der Waals surface area contributed by atoms with Gasteiger partial charge in [0.15, 0.2) is 0 Å². The Hall–Kier alpha value is -2.23. The third-order valence-corrected chi connectivity index (χ3v) is 2.87. The second kappa shape index (κ2) is 5.61. The number of aliphatic hydroxyl groups excluding tert-OH is 1. The first kappa shape index (κ1) is 13.2. The minimum atomic E-state index is -0.800. The Labute approximate surface area is 110 Å². The van der Waals surface area contributed by atoms with Gasteiger partial charge in [-0.05, 0) is 17.7 Å². The first-order valence-corrected chi connectivity index (χ1v) is 5.81. The van der Waals surface area contributed by atoms with Crippen molar-refractivity contribution in [2.24, 2.45) is 0 Å². The fraction of sp³-hybridized carbons (Fsp3) is 0.308. The Balaban J connectivity index is 2.00. The van der Waals surface area contributed by atoms with Gasteiger partial charge in [-0.2, -0.15) is 5.26 Å². The van der Waals surface area contributed by atoms with E-state index < -0.39 is 6.10 Å². The summed E-state index contributed by atoms with van der Waals surface area (Å²) >= 11 is 0. The molecule has 0 spiro atoms. The van der Waals surface area contributed by atoms with Crippen LogP contribution in [-0.2, 0) is 9.59 Å². The summed E-state index contributed by atoms with van der Waals surface area (Å²) < 4.78 is 0. The molecule has 2 amide bonds. The van der Waals surface area contributed by atoms with Crippen molar-refractivity contribution in [2.45, 2.75) is 6.10 Å². The molecule has 1 aliphatic rings. The van der Waals surface area contributed by atoms with Gasteiger partial charge in [0.2, 0.25) is 11.8 Å². The van der Waals surface area contributed by atoms with E-state index in [1.807, 2.05) is 6.07 Å². The number of carbonyl (C=O) groups is 2. The molecule has 0 bridgehead atoms. The summed E-state index contributed by atoms with van der Waals surface area (Å²) in [5.41, 5.74) is 1.17. The van der Waals surface area contributed by atoms with Crippen LogP contribution in [0.5, 0.6) is 0 Å². The Morgan fingerprint density at radius 3 is 2.37 bits per heavy atom. The highest BCUT2D eigenvalue weighted by Crippen LogP contribution is 2.15. The number of hydrogen-bond donors (Lipinski definition) is 2. The van der Waals surface area contributed by atoms with E-state index in [1.165, 1.54) is 0 Å². The van der Waals surface area contributed by atoms with Crippen LogP contribution in [0.4, 0.5) is 0 Å². The molecule has 1 aliphatic heterocycles. The lowest BCUT2D eigenvalue weighted by molar-refractivity contribution is -0.136. The minimum Gasteiger partial charge on any atom is -0.387 e. The van der Waals surface area contributed by atoms with Crippen molar-refractivity contribution in [3.63, 3.8) is 0 Å². The lowest BCUT2D eigenvalue weighted by Crippen LogP contribution is -2.52. The topological polar surface area (TPSA) is 93.4 Å². The molecule has 1 aromatic carbocycles. The van der Waals surface area contributed by atoms with Gasteiger partial charge < -0.3 is 5.11 Å². The van der Waals surface area contributed by atoms with E-state index in [-0.39, 0.29) is 31.4 Å². The van der Waals surface area contributed by atoms with E-state index >= 15 is 0 Å². The van der Waals surface area contributed by atoms with Crippen LogP contribution in [0.1, 0.15) is 17.2 Å². The van der Waals surface area contributed by atoms with E-state index in [4.69, 9.17) is 5.26 Å². The van der Waals surface area contributed by atoms with Crippen LogP contribution in [0.25, 0.3) is 0 Å². The molecule has 1 aromatic rings. The first-order valence-electron chi connectivity index (χ1n) is 5.81. The fourth-order valence-electron chi connectivity index (χ4n) is 1.96. The monoisotopic (exact) mass is 259 g/mol. The summed E-state index contributed by atoms with van der Waals surface area (Å²) in [7, 11) is 0. The number of carbonyl (C=O) groups excluding carboxylic acids is 2. The van der Waals surface area contributed by atoms with Crippen LogP contribution in [0.2, 0.25) is 0 Å². The third kappa shape index (κ3) is 3.37. The van der Waals surface area contributed by atoms with Gasteiger partial charge in [-0.25, -0.2) is 0 Å². The van der Waals surface area contributed by atoms with Crippen molar-refractivity contribution in [1.29, 1.82) is 5.26 Å². The molecule has 1 atom stereocenters. The van der Waals surface area contributed by atoms with E-state index in [1.54, 1.807) is 29.2 Å². The van der Waals surface area contributed by atoms with Gasteiger partial charge in [0.05, 0.1) is 30.8 Å². The minimum absolute atomic E-state index is 0.0963. The van der Waals surface area contributed by atoms with Gasteiger partial charge in [0.25, 0.3) is 0 Å². The summed E-state index contributed by atoms with van der Waals surface area (Å²) in [5.74, 6) is -0.716. The third-order valence-electron chi connectivity index (χ3n) is 2.87. The number of β-amino-alcohol motifs (C(OH)–C–C–N with tert-alkyl or cyclic N) is 1. The molecule has 1 saturated heterocycles. The van der Waals surface area contributed by atoms with Crippen molar-refractivity contribution in [3.8, 4) is 6.07 Å². The van der Waals surface area contributed by atoms with Crippen LogP contribution in [0.15, 0.2) is 24.3 Å². The van der Waals surface area contributed by atoms with Gasteiger partial charge in [-0.3, -0.25) is 19.8 Å². The number of rotatable bonds is 3. The van der Waals surface area contributed by atoms with Crippen LogP contribution < -0.4 is 5.32 Å². The van der Waals surface area contributed by atoms with Crippen molar-refractivity contribution in [3.05, 3.63) is 35.4 Å². The molecule has 1 fully saturated rings. The van der Waals surface area contributed by atoms with E-state index in [0.29, 0.717) is 11.1 Å². The molecule has 2 N–H and O–H groups in total. The molecular weight excluding hydrogens is 246 g/mol. The molecule has 19 heavy (non-hydrogen) atoms. The van der Waals surface area contributed by atoms with Crippen LogP contribution >= 0.6 is 0 Å². The number of piperazine rings is 1. The summed E-state index contributed by atoms with van der Waals surface area (Å²) in [4.78, 5) is 24.0. The Morgan fingerprint density at radius 1 is 1.26 bits per heavy atom. The van der Waals surface area contributed by atoms with Gasteiger partial charge in [-0.15, -0.1) is 0 Å². The number of hydrogen-bond acceptors (Lipinski definition) is 5. The maximum absolute atomic E-state index is 11.2. The molecule has 0 aromatic heterocycles. The largest absolute Gasteiger partial charge is 0.387 e. The average Bonchev–Trinajstić information content (AvgIpc) is 2.37. The number of imide groups is 1. The Bertz CT molecular complexity index is 517. The van der Waals surface area contributed by atoms with Gasteiger partial charge in [0, 0.05) is 6.54 Å². The standard InChI is InChI=1S/C13H13N3O3/c14-5-9-1-3-10(4-2-9)11(17)6-16-7-12(18)15-13(19)8-16/h1-4,11,17H,6-8H2,(H,15,18,19). The van der Waals surface area contributed by atoms with Gasteiger partial charge in [-0.1, -0.05) is 12.1 Å². The quantitative estimate of drug-likeness (QED) is 0.717. The second-order valence-electron chi connectivity index (χ2n) is 4.39. The molecule has 0 aliphatic carbocycles. The summed E-state index contributed by atoms with van der Waals surface area (Å²) in [6.07, 6.45) is -0.800. The number of nitrogens with one attached hydrogen (secondary N) is 1. The predicted molar refractivity (Wildman–Crippen MR) is 65.7 cm³/mol. The highest BCUT2D eigenvalue weighted by atomic mass is 16.3. The highest BCUT2D eigenvalue weighted by Gasteiger charge is 2.24. The van der Waals surface area contributed by atoms with Crippen LogP contribution in [0.3, 0.4) is 0 Å². The summed E-state index contributed by atoms with van der Waals surface area (Å²) in [6, 6.07) is 8.56. The van der Waals surface area contributed by atoms with E-state index in [0.717, 1.165) is 0 Å². The fourth-order valence-corrected chi connectivity index (χ4v) is 1.96. The number of benzene rings is 1. The zero-order chi connectivity index (χ0) is 13.8. The van der Waals surface area contributed by atoms with Crippen molar-refractivity contribution in [2.75, 3.05) is 19.6 Å². The molecule has 98 valence electrons. The van der Waals surface area contributed by atoms with E-state index in [2.05, 4.69) is 5.32 Å². The van der Waals surface area contributed by atoms with Gasteiger partial charge in [0.1, 0.15) is 0 Å². The molecular formula is C13H13N3O3. The van der Waals surface area contributed by atoms with Crippen molar-refractivity contribution in [1.82, 2.24) is 10.2 Å². The van der Waals surface area contributed by atoms with E-state index in [9.17, 15) is 14.7 Å². The Morgan fingerprint density at radius 2 is 1.84 bits per heavy atom. The normalized spacial score (nSPS) is 17.7. The second-order valence-corrected chi connectivity index (χ2v) is 4.39. The zero-order valence-electron chi connectivity index (χ0n) is 10.2. The number of amides is 2. The highest BCUT2D eigenvalue weighted by molar-refractivity contribution is 5.99. The summed E-state index contributed by atoms with van der Waals surface area (Å²) in [6.45, 7) is 0.392. The van der Waals surface area contributed by atoms with Crippen LogP contribution in [0, 0.1) is 11.3 Å². The van der Waals surface area contributed by atoms with Crippen molar-refractivity contribution < 1.29 is 14.7 Å². The van der Waals surface area contributed by atoms with Crippen LogP contribution in [-0.4, -0.2) is 41.5 Å². The lowest BCUT2D eigenvalue weighted by Gasteiger charge is -2.27. The maximum atomic E-state index is 11.2. The zero-order valence-corrected chi connectivity index (χ0v) is 10.2. The number of nitriles is 1. The molecule has 0 radical (unpaired) electrons. The number of aliphatic hydroxyl groups is 1. The summed E-state index contributed by atoms with van der Waals surface area (Å²) in [5, 5.41) is 20.9. The molecule has 6 heteroatoms. The predicted octanol–water partition coefficient (Wildman–Crippen LogP) is -0.450. The van der Waals surface area contributed by atoms with Gasteiger partial charge >= 0.3 is 0 Å². The number of nitrogens with zero attached hydrogens (tertiary/aromatic N) is 2. The molecule has 1 unspecified atom stereocenters. The Kier molecular flexibility index (Phi) is 3.90. The first-order chi connectivity index (χ1) is 9.08. The molecule has 0 saturated carbocycles. The molecule has 6 nitrogen and oxygen atoms in total.